The van der Waals surface area contributed by atoms with Crippen molar-refractivity contribution in [2.24, 2.45) is 7.05 Å². The summed E-state index contributed by atoms with van der Waals surface area (Å²) in [4.78, 5) is 15.0. The number of halogens is 2. The van der Waals surface area contributed by atoms with Crippen molar-refractivity contribution in [3.63, 3.8) is 0 Å². The van der Waals surface area contributed by atoms with E-state index in [2.05, 4.69) is 10.3 Å². The Hall–Kier alpha value is -2.67. The second-order valence-corrected chi connectivity index (χ2v) is 7.36. The molecule has 0 aliphatic carbocycles. The fraction of sp³-hybridized carbons (Fsp3) is 0.350. The van der Waals surface area contributed by atoms with Crippen LogP contribution in [0, 0.1) is 5.82 Å². The van der Waals surface area contributed by atoms with Crippen LogP contribution in [0.15, 0.2) is 41.1 Å². The molecule has 28 heavy (non-hydrogen) atoms. The van der Waals surface area contributed by atoms with Crippen LogP contribution in [0.2, 0.25) is 5.02 Å². The molecule has 0 unspecified atom stereocenters. The minimum Gasteiger partial charge on any atom is -0.350 e. The average Bonchev–Trinajstić information content (AvgIpc) is 3.22. The van der Waals surface area contributed by atoms with Crippen LogP contribution in [-0.4, -0.2) is 32.3 Å². The van der Waals surface area contributed by atoms with Crippen molar-refractivity contribution in [3.8, 4) is 11.3 Å². The van der Waals surface area contributed by atoms with Crippen molar-refractivity contribution < 1.29 is 13.7 Å². The highest BCUT2D eigenvalue weighted by Crippen LogP contribution is 2.35. The number of benzene rings is 1. The number of nitrogens with zero attached hydrogens (tertiary/aromatic N) is 4. The molecule has 1 atom stereocenters. The number of carbonyl (C=O) groups is 1. The number of amides is 1. The maximum absolute atomic E-state index is 13.2. The Morgan fingerprint density at radius 3 is 2.75 bits per heavy atom. The molecule has 1 fully saturated rings. The molecular formula is C20H20ClFN4O2. The predicted octanol–water partition coefficient (Wildman–Crippen LogP) is 4.63. The van der Waals surface area contributed by atoms with Crippen molar-refractivity contribution in [2.45, 2.75) is 31.7 Å². The molecule has 0 N–H and O–H groups in total. The summed E-state index contributed by atoms with van der Waals surface area (Å²) in [5, 5.41) is 8.76. The fourth-order valence-electron chi connectivity index (χ4n) is 3.70. The van der Waals surface area contributed by atoms with Crippen LogP contribution in [0.1, 0.15) is 48.0 Å². The summed E-state index contributed by atoms with van der Waals surface area (Å²) in [6, 6.07) is 7.33. The molecule has 1 aliphatic rings. The van der Waals surface area contributed by atoms with Gasteiger partial charge in [0.05, 0.1) is 23.0 Å². The Bertz CT molecular complexity index is 963. The van der Waals surface area contributed by atoms with E-state index in [1.54, 1.807) is 34.0 Å². The smallest absolute Gasteiger partial charge is 0.293 e. The van der Waals surface area contributed by atoms with Gasteiger partial charge in [0.15, 0.2) is 0 Å². The zero-order chi connectivity index (χ0) is 19.7. The number of likely N-dealkylation sites (tertiary alicyclic amines) is 1. The molecule has 2 aromatic heterocycles. The average molecular weight is 403 g/mol. The molecule has 3 aromatic rings. The minimum atomic E-state index is -0.330. The lowest BCUT2D eigenvalue weighted by Gasteiger charge is -2.29. The first-order valence-corrected chi connectivity index (χ1v) is 9.63. The number of carbonyl (C=O) groups excluding carboxylic acids is 1. The molecule has 1 aliphatic heterocycles. The molecular weight excluding hydrogens is 383 g/mol. The summed E-state index contributed by atoms with van der Waals surface area (Å²) in [7, 11) is 1.83. The Morgan fingerprint density at radius 2 is 2.04 bits per heavy atom. The molecule has 0 radical (unpaired) electrons. The van der Waals surface area contributed by atoms with Gasteiger partial charge in [-0.15, -0.1) is 0 Å². The summed E-state index contributed by atoms with van der Waals surface area (Å²) in [6.07, 6.45) is 5.38. The van der Waals surface area contributed by atoms with Gasteiger partial charge in [-0.05, 0) is 37.1 Å². The van der Waals surface area contributed by atoms with E-state index in [1.165, 1.54) is 12.1 Å². The topological polar surface area (TPSA) is 64.2 Å². The molecule has 1 saturated heterocycles. The molecule has 1 aromatic carbocycles. The molecule has 146 valence electrons. The summed E-state index contributed by atoms with van der Waals surface area (Å²) < 4.78 is 20.2. The van der Waals surface area contributed by atoms with Crippen LogP contribution < -0.4 is 0 Å². The maximum atomic E-state index is 13.2. The Kier molecular flexibility index (Phi) is 5.17. The minimum absolute atomic E-state index is 0.157. The van der Waals surface area contributed by atoms with Crippen molar-refractivity contribution in [2.75, 3.05) is 6.54 Å². The number of hydrogen-bond donors (Lipinski definition) is 0. The van der Waals surface area contributed by atoms with Gasteiger partial charge in [0.2, 0.25) is 5.76 Å². The SMILES string of the molecule is Cn1ncc(Cl)c1[C@H]1CCCCCN1C(=O)c1cc(-c2ccc(F)cc2)no1. The zero-order valence-electron chi connectivity index (χ0n) is 15.4. The van der Waals surface area contributed by atoms with Crippen LogP contribution in [-0.2, 0) is 7.05 Å². The van der Waals surface area contributed by atoms with E-state index in [-0.39, 0.29) is 23.5 Å². The lowest BCUT2D eigenvalue weighted by Crippen LogP contribution is -2.35. The lowest BCUT2D eigenvalue weighted by molar-refractivity contribution is 0.0631. The van der Waals surface area contributed by atoms with Gasteiger partial charge in [-0.25, -0.2) is 4.39 Å². The van der Waals surface area contributed by atoms with Crippen molar-refractivity contribution >= 4 is 17.5 Å². The number of aryl methyl sites for hydroxylation is 1. The van der Waals surface area contributed by atoms with Gasteiger partial charge in [-0.3, -0.25) is 9.48 Å². The van der Waals surface area contributed by atoms with Gasteiger partial charge >= 0.3 is 0 Å². The highest BCUT2D eigenvalue weighted by Gasteiger charge is 2.33. The van der Waals surface area contributed by atoms with Crippen LogP contribution in [0.5, 0.6) is 0 Å². The Labute approximate surface area is 166 Å². The summed E-state index contributed by atoms with van der Waals surface area (Å²) in [5.41, 5.74) is 2.01. The van der Waals surface area contributed by atoms with Crippen molar-refractivity contribution in [1.29, 1.82) is 0 Å². The van der Waals surface area contributed by atoms with Crippen LogP contribution >= 0.6 is 11.6 Å². The number of aromatic nitrogens is 3. The zero-order valence-corrected chi connectivity index (χ0v) is 16.2. The third kappa shape index (κ3) is 3.54. The number of hydrogen-bond acceptors (Lipinski definition) is 4. The largest absolute Gasteiger partial charge is 0.350 e. The van der Waals surface area contributed by atoms with E-state index in [4.69, 9.17) is 16.1 Å². The van der Waals surface area contributed by atoms with Crippen LogP contribution in [0.25, 0.3) is 11.3 Å². The Morgan fingerprint density at radius 1 is 1.25 bits per heavy atom. The Balaban J connectivity index is 1.64. The second kappa shape index (κ2) is 7.75. The normalized spacial score (nSPS) is 17.5. The van der Waals surface area contributed by atoms with E-state index in [1.807, 2.05) is 7.05 Å². The van der Waals surface area contributed by atoms with E-state index >= 15 is 0 Å². The molecule has 0 bridgehead atoms. The van der Waals surface area contributed by atoms with Gasteiger partial charge < -0.3 is 9.42 Å². The van der Waals surface area contributed by atoms with Crippen LogP contribution in [0.3, 0.4) is 0 Å². The van der Waals surface area contributed by atoms with E-state index < -0.39 is 0 Å². The predicted molar refractivity (Wildman–Crippen MR) is 102 cm³/mol. The molecule has 1 amide bonds. The molecule has 4 rings (SSSR count). The van der Waals surface area contributed by atoms with Gasteiger partial charge in [-0.2, -0.15) is 5.10 Å². The molecule has 0 spiro atoms. The first-order valence-electron chi connectivity index (χ1n) is 9.25. The summed E-state index contributed by atoms with van der Waals surface area (Å²) in [5.74, 6) is -0.404. The first-order chi connectivity index (χ1) is 13.5. The van der Waals surface area contributed by atoms with Crippen molar-refractivity contribution in [3.05, 3.63) is 58.8 Å². The first kappa shape index (κ1) is 18.7. The van der Waals surface area contributed by atoms with Gasteiger partial charge in [-0.1, -0.05) is 29.6 Å². The maximum Gasteiger partial charge on any atom is 0.293 e. The van der Waals surface area contributed by atoms with E-state index in [0.717, 1.165) is 31.4 Å². The van der Waals surface area contributed by atoms with Gasteiger partial charge in [0.25, 0.3) is 5.91 Å². The van der Waals surface area contributed by atoms with Gasteiger partial charge in [0, 0.05) is 25.2 Å². The van der Waals surface area contributed by atoms with E-state index in [9.17, 15) is 9.18 Å². The molecule has 8 heteroatoms. The fourth-order valence-corrected chi connectivity index (χ4v) is 4.00. The summed E-state index contributed by atoms with van der Waals surface area (Å²) >= 11 is 6.36. The van der Waals surface area contributed by atoms with Gasteiger partial charge in [0.1, 0.15) is 11.5 Å². The molecule has 3 heterocycles. The molecule has 0 saturated carbocycles. The molecule has 6 nitrogen and oxygen atoms in total. The lowest BCUT2D eigenvalue weighted by atomic mass is 10.1. The third-order valence-electron chi connectivity index (χ3n) is 5.13. The third-order valence-corrected chi connectivity index (χ3v) is 5.42. The quantitative estimate of drug-likeness (QED) is 0.641. The van der Waals surface area contributed by atoms with Crippen molar-refractivity contribution in [1.82, 2.24) is 19.8 Å². The highest BCUT2D eigenvalue weighted by atomic mass is 35.5. The second-order valence-electron chi connectivity index (χ2n) is 6.95. The summed E-state index contributed by atoms with van der Waals surface area (Å²) in [6.45, 7) is 0.609. The monoisotopic (exact) mass is 402 g/mol. The van der Waals surface area contributed by atoms with E-state index in [0.29, 0.717) is 22.8 Å². The standard InChI is InChI=1S/C20H20ClFN4O2/c1-25-19(15(21)12-23-25)17-5-3-2-4-10-26(17)20(27)18-11-16(24-28-18)13-6-8-14(22)9-7-13/h6-9,11-12,17H,2-5,10H2,1H3/t17-/m1/s1. The highest BCUT2D eigenvalue weighted by molar-refractivity contribution is 6.31. The number of rotatable bonds is 3. The van der Waals surface area contributed by atoms with Crippen LogP contribution in [0.4, 0.5) is 4.39 Å².